The normalized spacial score (nSPS) is 17.7. The van der Waals surface area contributed by atoms with Gasteiger partial charge in [0.1, 0.15) is 0 Å². The van der Waals surface area contributed by atoms with Crippen LogP contribution < -0.4 is 5.32 Å². The molecule has 0 aromatic heterocycles. The highest BCUT2D eigenvalue weighted by Crippen LogP contribution is 2.25. The molecular weight excluding hydrogens is 392 g/mol. The minimum absolute atomic E-state index is 0.0645. The monoisotopic (exact) mass is 424 g/mol. The maximum absolute atomic E-state index is 12.9. The van der Waals surface area contributed by atoms with E-state index in [4.69, 9.17) is 4.74 Å². The fourth-order valence-corrected chi connectivity index (χ4v) is 5.14. The number of nitrogens with one attached hydrogen (secondary N) is 1. The van der Waals surface area contributed by atoms with Gasteiger partial charge in [-0.1, -0.05) is 38.7 Å². The van der Waals surface area contributed by atoms with E-state index in [1.807, 2.05) is 6.92 Å². The molecule has 2 rings (SSSR count). The van der Waals surface area contributed by atoms with E-state index in [0.29, 0.717) is 13.1 Å². The van der Waals surface area contributed by atoms with Crippen molar-refractivity contribution in [1.82, 2.24) is 9.62 Å². The molecule has 0 aliphatic carbocycles. The molecule has 8 heteroatoms. The summed E-state index contributed by atoms with van der Waals surface area (Å²) in [5.74, 6) is -1.07. The molecule has 1 aliphatic heterocycles. The SMILES string of the molecule is CCCCCCNC(=O)COC(=O)c1cccc(S(=O)(=O)N2CCCC[C@@H]2C)c1. The molecule has 29 heavy (non-hydrogen) atoms. The minimum atomic E-state index is -3.67. The number of benzene rings is 1. The second kappa shape index (κ2) is 11.3. The number of hydrogen-bond acceptors (Lipinski definition) is 5. The van der Waals surface area contributed by atoms with E-state index in [-0.39, 0.29) is 29.0 Å². The van der Waals surface area contributed by atoms with E-state index in [9.17, 15) is 18.0 Å². The molecule has 7 nitrogen and oxygen atoms in total. The summed E-state index contributed by atoms with van der Waals surface area (Å²) >= 11 is 0. The van der Waals surface area contributed by atoms with Gasteiger partial charge in [0.05, 0.1) is 10.5 Å². The van der Waals surface area contributed by atoms with Gasteiger partial charge < -0.3 is 10.1 Å². The molecule has 1 aromatic carbocycles. The Labute approximate surface area is 173 Å². The molecular formula is C21H32N2O5S. The predicted molar refractivity (Wildman–Crippen MR) is 111 cm³/mol. The standard InChI is InChI=1S/C21H32N2O5S/c1-3-4-5-7-13-22-20(24)16-28-21(25)18-11-9-12-19(15-18)29(26,27)23-14-8-6-10-17(23)2/h9,11-12,15,17H,3-8,10,13-14,16H2,1-2H3,(H,22,24)/t17-/m0/s1. The van der Waals surface area contributed by atoms with Crippen molar-refractivity contribution in [2.45, 2.75) is 69.7 Å². The Hall–Kier alpha value is -1.93. The van der Waals surface area contributed by atoms with Gasteiger partial charge in [-0.05, 0) is 44.4 Å². The van der Waals surface area contributed by atoms with Gasteiger partial charge >= 0.3 is 5.97 Å². The van der Waals surface area contributed by atoms with Gasteiger partial charge in [0.25, 0.3) is 5.91 Å². The van der Waals surface area contributed by atoms with E-state index in [0.717, 1.165) is 44.9 Å². The van der Waals surface area contributed by atoms with E-state index in [2.05, 4.69) is 12.2 Å². The lowest BCUT2D eigenvalue weighted by molar-refractivity contribution is -0.124. The largest absolute Gasteiger partial charge is 0.452 e. The lowest BCUT2D eigenvalue weighted by atomic mass is 10.1. The van der Waals surface area contributed by atoms with Crippen LogP contribution in [-0.4, -0.2) is 50.3 Å². The zero-order valence-electron chi connectivity index (χ0n) is 17.4. The molecule has 1 amide bonds. The second-order valence-corrected chi connectivity index (χ2v) is 9.37. The summed E-state index contributed by atoms with van der Waals surface area (Å²) in [7, 11) is -3.67. The summed E-state index contributed by atoms with van der Waals surface area (Å²) in [5, 5.41) is 2.71. The van der Waals surface area contributed by atoms with Crippen LogP contribution in [0.15, 0.2) is 29.2 Å². The highest BCUT2D eigenvalue weighted by molar-refractivity contribution is 7.89. The number of sulfonamides is 1. The summed E-state index contributed by atoms with van der Waals surface area (Å²) < 4.78 is 32.4. The highest BCUT2D eigenvalue weighted by Gasteiger charge is 2.31. The van der Waals surface area contributed by atoms with E-state index in [1.165, 1.54) is 28.6 Å². The first-order valence-corrected chi connectivity index (χ1v) is 11.9. The van der Waals surface area contributed by atoms with Gasteiger partial charge in [0.15, 0.2) is 6.61 Å². The number of rotatable bonds is 10. The maximum Gasteiger partial charge on any atom is 0.338 e. The predicted octanol–water partition coefficient (Wildman–Crippen LogP) is 3.10. The number of esters is 1. The average molecular weight is 425 g/mol. The quantitative estimate of drug-likeness (QED) is 0.460. The fraction of sp³-hybridized carbons (Fsp3) is 0.619. The molecule has 1 N–H and O–H groups in total. The van der Waals surface area contributed by atoms with Gasteiger partial charge in [0, 0.05) is 19.1 Å². The number of amides is 1. The van der Waals surface area contributed by atoms with Crippen molar-refractivity contribution in [3.63, 3.8) is 0 Å². The molecule has 1 saturated heterocycles. The molecule has 0 saturated carbocycles. The number of nitrogens with zero attached hydrogens (tertiary/aromatic N) is 1. The van der Waals surface area contributed by atoms with Gasteiger partial charge in [-0.25, -0.2) is 13.2 Å². The lowest BCUT2D eigenvalue weighted by Crippen LogP contribution is -2.41. The van der Waals surface area contributed by atoms with Crippen LogP contribution >= 0.6 is 0 Å². The maximum atomic E-state index is 12.9. The molecule has 1 atom stereocenters. The molecule has 1 fully saturated rings. The third kappa shape index (κ3) is 6.82. The topological polar surface area (TPSA) is 92.8 Å². The Morgan fingerprint density at radius 1 is 1.21 bits per heavy atom. The van der Waals surface area contributed by atoms with E-state index in [1.54, 1.807) is 0 Å². The number of ether oxygens (including phenoxy) is 1. The van der Waals surface area contributed by atoms with Gasteiger partial charge in [-0.15, -0.1) is 0 Å². The zero-order valence-corrected chi connectivity index (χ0v) is 18.2. The van der Waals surface area contributed by atoms with Crippen molar-refractivity contribution in [3.05, 3.63) is 29.8 Å². The van der Waals surface area contributed by atoms with Crippen molar-refractivity contribution >= 4 is 21.9 Å². The van der Waals surface area contributed by atoms with E-state index < -0.39 is 16.0 Å². The number of hydrogen-bond donors (Lipinski definition) is 1. The van der Waals surface area contributed by atoms with Gasteiger partial charge in [0.2, 0.25) is 10.0 Å². The first-order chi connectivity index (χ1) is 13.9. The molecule has 1 aromatic rings. The van der Waals surface area contributed by atoms with Gasteiger partial charge in [-0.2, -0.15) is 4.31 Å². The van der Waals surface area contributed by atoms with Crippen LogP contribution in [0.4, 0.5) is 0 Å². The van der Waals surface area contributed by atoms with Crippen LogP contribution in [0.1, 0.15) is 69.2 Å². The molecule has 0 radical (unpaired) electrons. The van der Waals surface area contributed by atoms with Crippen molar-refractivity contribution < 1.29 is 22.7 Å². The Morgan fingerprint density at radius 2 is 2.00 bits per heavy atom. The molecule has 1 heterocycles. The third-order valence-corrected chi connectivity index (χ3v) is 7.11. The van der Waals surface area contributed by atoms with Crippen molar-refractivity contribution in [1.29, 1.82) is 0 Å². The number of unbranched alkanes of at least 4 members (excludes halogenated alkanes) is 3. The first kappa shape index (κ1) is 23.3. The van der Waals surface area contributed by atoms with E-state index >= 15 is 0 Å². The average Bonchev–Trinajstić information content (AvgIpc) is 2.72. The van der Waals surface area contributed by atoms with Crippen LogP contribution in [0.5, 0.6) is 0 Å². The molecule has 0 bridgehead atoms. The Balaban J connectivity index is 1.93. The Kier molecular flexibility index (Phi) is 9.10. The van der Waals surface area contributed by atoms with Crippen molar-refractivity contribution in [2.75, 3.05) is 19.7 Å². The zero-order chi connectivity index (χ0) is 21.3. The van der Waals surface area contributed by atoms with Crippen LogP contribution in [0.2, 0.25) is 0 Å². The summed E-state index contributed by atoms with van der Waals surface area (Å²) in [6.45, 7) is 4.67. The van der Waals surface area contributed by atoms with Crippen LogP contribution in [0.3, 0.4) is 0 Å². The molecule has 0 unspecified atom stereocenters. The lowest BCUT2D eigenvalue weighted by Gasteiger charge is -2.32. The molecule has 1 aliphatic rings. The smallest absolute Gasteiger partial charge is 0.338 e. The minimum Gasteiger partial charge on any atom is -0.452 e. The molecule has 0 spiro atoms. The van der Waals surface area contributed by atoms with Crippen LogP contribution in [-0.2, 0) is 19.6 Å². The Bertz CT molecular complexity index is 794. The van der Waals surface area contributed by atoms with Crippen LogP contribution in [0, 0.1) is 0 Å². The molecule has 162 valence electrons. The van der Waals surface area contributed by atoms with Crippen LogP contribution in [0.25, 0.3) is 0 Å². The fourth-order valence-electron chi connectivity index (χ4n) is 3.39. The number of carbonyl (C=O) groups excluding carboxylic acids is 2. The van der Waals surface area contributed by atoms with Crippen molar-refractivity contribution in [3.8, 4) is 0 Å². The Morgan fingerprint density at radius 3 is 2.72 bits per heavy atom. The highest BCUT2D eigenvalue weighted by atomic mass is 32.2. The summed E-state index contributed by atoms with van der Waals surface area (Å²) in [6.07, 6.45) is 6.86. The summed E-state index contributed by atoms with van der Waals surface area (Å²) in [5.41, 5.74) is 0.117. The van der Waals surface area contributed by atoms with Gasteiger partial charge in [-0.3, -0.25) is 4.79 Å². The number of piperidine rings is 1. The van der Waals surface area contributed by atoms with Crippen molar-refractivity contribution in [2.24, 2.45) is 0 Å². The summed E-state index contributed by atoms with van der Waals surface area (Å²) in [6, 6.07) is 5.75. The number of carbonyl (C=O) groups is 2. The second-order valence-electron chi connectivity index (χ2n) is 7.48. The first-order valence-electron chi connectivity index (χ1n) is 10.4. The summed E-state index contributed by atoms with van der Waals surface area (Å²) in [4.78, 5) is 24.1. The third-order valence-electron chi connectivity index (χ3n) is 5.11.